The lowest BCUT2D eigenvalue weighted by Crippen LogP contribution is -2.26. The van der Waals surface area contributed by atoms with Gasteiger partial charge in [-0.05, 0) is 22.9 Å². The maximum atomic E-state index is 12.3. The number of hydrogen-bond acceptors (Lipinski definition) is 4. The van der Waals surface area contributed by atoms with Gasteiger partial charge < -0.3 is 10.0 Å². The highest BCUT2D eigenvalue weighted by Crippen LogP contribution is 2.17. The van der Waals surface area contributed by atoms with Crippen molar-refractivity contribution < 1.29 is 14.7 Å². The van der Waals surface area contributed by atoms with Crippen molar-refractivity contribution >= 4 is 27.8 Å². The first-order valence-corrected chi connectivity index (χ1v) is 7.41. The second kappa shape index (κ2) is 6.73. The summed E-state index contributed by atoms with van der Waals surface area (Å²) in [5.74, 6) is -1.25. The standard InChI is InChI=1S/C13H16BrN5O3/c1-3-18-6-10(14)11(16-18)7-17(2)13(22)9-4-15-19(5-9)8-12(20)21/h4-6H,3,7-8H2,1-2H3,(H,20,21). The number of aromatic nitrogens is 4. The van der Waals surface area contributed by atoms with Crippen LogP contribution in [0.25, 0.3) is 0 Å². The smallest absolute Gasteiger partial charge is 0.325 e. The first-order valence-electron chi connectivity index (χ1n) is 6.62. The molecule has 0 fully saturated rings. The molecule has 0 saturated carbocycles. The summed E-state index contributed by atoms with van der Waals surface area (Å²) in [4.78, 5) is 24.4. The van der Waals surface area contributed by atoms with Crippen molar-refractivity contribution in [1.29, 1.82) is 0 Å². The summed E-state index contributed by atoms with van der Waals surface area (Å²) >= 11 is 3.42. The molecule has 22 heavy (non-hydrogen) atoms. The van der Waals surface area contributed by atoms with Gasteiger partial charge in [-0.3, -0.25) is 19.0 Å². The van der Waals surface area contributed by atoms with Gasteiger partial charge in [0.25, 0.3) is 5.91 Å². The minimum Gasteiger partial charge on any atom is -0.480 e. The molecule has 9 heteroatoms. The SMILES string of the molecule is CCn1cc(Br)c(CN(C)C(=O)c2cnn(CC(=O)O)c2)n1. The van der Waals surface area contributed by atoms with Crippen LogP contribution in [0, 0.1) is 0 Å². The normalized spacial score (nSPS) is 10.7. The molecule has 2 rings (SSSR count). The summed E-state index contributed by atoms with van der Waals surface area (Å²) in [7, 11) is 1.66. The molecule has 0 atom stereocenters. The molecule has 0 aliphatic carbocycles. The van der Waals surface area contributed by atoms with Gasteiger partial charge in [-0.15, -0.1) is 0 Å². The van der Waals surface area contributed by atoms with Crippen LogP contribution in [-0.2, 0) is 24.4 Å². The maximum absolute atomic E-state index is 12.3. The third-order valence-electron chi connectivity index (χ3n) is 3.02. The van der Waals surface area contributed by atoms with Crippen molar-refractivity contribution in [3.05, 3.63) is 34.3 Å². The molecule has 0 aliphatic heterocycles. The zero-order chi connectivity index (χ0) is 16.3. The number of halogens is 1. The number of carboxylic acid groups (broad SMARTS) is 1. The molecule has 0 aliphatic rings. The van der Waals surface area contributed by atoms with Crippen LogP contribution in [0.15, 0.2) is 23.1 Å². The summed E-state index contributed by atoms with van der Waals surface area (Å²) < 4.78 is 3.84. The molecule has 0 saturated heterocycles. The number of aryl methyl sites for hydroxylation is 1. The van der Waals surface area contributed by atoms with Crippen LogP contribution < -0.4 is 0 Å². The summed E-state index contributed by atoms with van der Waals surface area (Å²) in [5.41, 5.74) is 1.10. The quantitative estimate of drug-likeness (QED) is 0.825. The molecule has 1 amide bonds. The Labute approximate surface area is 135 Å². The summed E-state index contributed by atoms with van der Waals surface area (Å²) in [6.45, 7) is 2.80. The fraction of sp³-hybridized carbons (Fsp3) is 0.385. The van der Waals surface area contributed by atoms with E-state index in [9.17, 15) is 9.59 Å². The van der Waals surface area contributed by atoms with Gasteiger partial charge in [0.15, 0.2) is 0 Å². The van der Waals surface area contributed by atoms with Crippen LogP contribution in [0.4, 0.5) is 0 Å². The number of carbonyl (C=O) groups is 2. The Hall–Kier alpha value is -2.16. The Balaban J connectivity index is 2.06. The highest BCUT2D eigenvalue weighted by Gasteiger charge is 2.17. The molecule has 0 bridgehead atoms. The van der Waals surface area contributed by atoms with E-state index >= 15 is 0 Å². The molecule has 118 valence electrons. The van der Waals surface area contributed by atoms with Crippen LogP contribution in [0.1, 0.15) is 23.0 Å². The molecule has 2 aromatic rings. The van der Waals surface area contributed by atoms with Gasteiger partial charge in [-0.2, -0.15) is 10.2 Å². The zero-order valence-electron chi connectivity index (χ0n) is 12.2. The fourth-order valence-electron chi connectivity index (χ4n) is 1.92. The molecular formula is C13H16BrN5O3. The van der Waals surface area contributed by atoms with Gasteiger partial charge in [0.1, 0.15) is 6.54 Å². The highest BCUT2D eigenvalue weighted by atomic mass is 79.9. The highest BCUT2D eigenvalue weighted by molar-refractivity contribution is 9.10. The number of hydrogen-bond donors (Lipinski definition) is 1. The van der Waals surface area contributed by atoms with Gasteiger partial charge in [0.2, 0.25) is 0 Å². The first kappa shape index (κ1) is 16.2. The average molecular weight is 370 g/mol. The zero-order valence-corrected chi connectivity index (χ0v) is 13.8. The topological polar surface area (TPSA) is 93.2 Å². The molecule has 2 heterocycles. The van der Waals surface area contributed by atoms with Crippen LogP contribution >= 0.6 is 15.9 Å². The van der Waals surface area contributed by atoms with Gasteiger partial charge >= 0.3 is 5.97 Å². The van der Waals surface area contributed by atoms with Crippen LogP contribution in [0.2, 0.25) is 0 Å². The van der Waals surface area contributed by atoms with E-state index in [4.69, 9.17) is 5.11 Å². The van der Waals surface area contributed by atoms with Crippen molar-refractivity contribution in [2.75, 3.05) is 7.05 Å². The largest absolute Gasteiger partial charge is 0.480 e. The van der Waals surface area contributed by atoms with Gasteiger partial charge in [-0.1, -0.05) is 0 Å². The van der Waals surface area contributed by atoms with E-state index in [-0.39, 0.29) is 12.5 Å². The third-order valence-corrected chi connectivity index (χ3v) is 3.68. The molecular weight excluding hydrogens is 354 g/mol. The van der Waals surface area contributed by atoms with Gasteiger partial charge in [0.05, 0.1) is 28.5 Å². The van der Waals surface area contributed by atoms with Crippen molar-refractivity contribution in [1.82, 2.24) is 24.5 Å². The van der Waals surface area contributed by atoms with E-state index < -0.39 is 5.97 Å². The van der Waals surface area contributed by atoms with E-state index in [1.807, 2.05) is 13.1 Å². The Morgan fingerprint density at radius 3 is 2.68 bits per heavy atom. The van der Waals surface area contributed by atoms with Crippen molar-refractivity contribution in [3.8, 4) is 0 Å². The summed E-state index contributed by atoms with van der Waals surface area (Å²) in [6, 6.07) is 0. The Morgan fingerprint density at radius 1 is 1.36 bits per heavy atom. The first-order chi connectivity index (χ1) is 10.4. The number of nitrogens with zero attached hydrogens (tertiary/aromatic N) is 5. The van der Waals surface area contributed by atoms with Crippen LogP contribution in [0.3, 0.4) is 0 Å². The maximum Gasteiger partial charge on any atom is 0.325 e. The lowest BCUT2D eigenvalue weighted by molar-refractivity contribution is -0.137. The number of carboxylic acids is 1. The lowest BCUT2D eigenvalue weighted by atomic mass is 10.3. The van der Waals surface area contributed by atoms with E-state index in [0.29, 0.717) is 12.1 Å². The van der Waals surface area contributed by atoms with E-state index in [2.05, 4.69) is 26.1 Å². The van der Waals surface area contributed by atoms with E-state index in [0.717, 1.165) is 16.7 Å². The number of rotatable bonds is 6. The third kappa shape index (κ3) is 3.73. The predicted octanol–water partition coefficient (Wildman–Crippen LogP) is 1.22. The van der Waals surface area contributed by atoms with Gasteiger partial charge in [0, 0.05) is 26.0 Å². The average Bonchev–Trinajstić information content (AvgIpc) is 3.05. The second-order valence-electron chi connectivity index (χ2n) is 4.76. The van der Waals surface area contributed by atoms with Crippen molar-refractivity contribution in [3.63, 3.8) is 0 Å². The van der Waals surface area contributed by atoms with E-state index in [1.165, 1.54) is 22.0 Å². The molecule has 2 aromatic heterocycles. The number of amides is 1. The van der Waals surface area contributed by atoms with E-state index in [1.54, 1.807) is 11.7 Å². The molecule has 0 spiro atoms. The summed E-state index contributed by atoms with van der Waals surface area (Å²) in [6.07, 6.45) is 4.65. The van der Waals surface area contributed by atoms with Crippen LogP contribution in [0.5, 0.6) is 0 Å². The molecule has 8 nitrogen and oxygen atoms in total. The molecule has 0 radical (unpaired) electrons. The lowest BCUT2D eigenvalue weighted by Gasteiger charge is -2.14. The van der Waals surface area contributed by atoms with Crippen molar-refractivity contribution in [2.45, 2.75) is 26.6 Å². The van der Waals surface area contributed by atoms with Gasteiger partial charge in [-0.25, -0.2) is 0 Å². The second-order valence-corrected chi connectivity index (χ2v) is 5.62. The Kier molecular flexibility index (Phi) is 4.96. The molecule has 0 unspecified atom stereocenters. The monoisotopic (exact) mass is 369 g/mol. The fourth-order valence-corrected chi connectivity index (χ4v) is 2.36. The minimum atomic E-state index is -1.01. The van der Waals surface area contributed by atoms with Crippen LogP contribution in [-0.4, -0.2) is 48.5 Å². The molecule has 1 N–H and O–H groups in total. The Bertz CT molecular complexity index is 694. The molecule has 0 aromatic carbocycles. The number of aliphatic carboxylic acids is 1. The summed E-state index contributed by atoms with van der Waals surface area (Å²) in [5, 5.41) is 16.9. The van der Waals surface area contributed by atoms with Crippen molar-refractivity contribution in [2.24, 2.45) is 0 Å². The Morgan fingerprint density at radius 2 is 2.09 bits per heavy atom. The minimum absolute atomic E-state index is 0.241. The number of carbonyl (C=O) groups excluding carboxylic acids is 1. The predicted molar refractivity (Wildman–Crippen MR) is 81.3 cm³/mol.